The maximum atomic E-state index is 12.0. The molecular formula is C12H17N3O4. The van der Waals surface area contributed by atoms with Gasteiger partial charge in [0.05, 0.1) is 5.69 Å². The normalized spacial score (nSPS) is 11.9. The number of aromatic nitrogens is 2. The molecule has 1 aromatic rings. The number of carbonyl (C=O) groups is 2. The number of hydrogen-bond acceptors (Lipinski definition) is 4. The van der Waals surface area contributed by atoms with Crippen molar-refractivity contribution in [2.24, 2.45) is 0 Å². The van der Waals surface area contributed by atoms with Crippen LogP contribution >= 0.6 is 0 Å². The van der Waals surface area contributed by atoms with Crippen molar-refractivity contribution in [3.8, 4) is 0 Å². The van der Waals surface area contributed by atoms with E-state index in [1.165, 1.54) is 0 Å². The molecular weight excluding hydrogens is 250 g/mol. The zero-order valence-corrected chi connectivity index (χ0v) is 11.1. The van der Waals surface area contributed by atoms with Crippen molar-refractivity contribution >= 4 is 11.9 Å². The molecule has 0 saturated heterocycles. The lowest BCUT2D eigenvalue weighted by molar-refractivity contribution is -0.137. The summed E-state index contributed by atoms with van der Waals surface area (Å²) in [5.41, 5.74) is 0.565. The van der Waals surface area contributed by atoms with Gasteiger partial charge in [0.2, 0.25) is 0 Å². The zero-order valence-electron chi connectivity index (χ0n) is 11.1. The summed E-state index contributed by atoms with van der Waals surface area (Å²) in [4.78, 5) is 34.0. The Morgan fingerprint density at radius 2 is 2.05 bits per heavy atom. The van der Waals surface area contributed by atoms with E-state index in [-0.39, 0.29) is 18.0 Å². The lowest BCUT2D eigenvalue weighted by Gasteiger charge is -2.13. The second kappa shape index (κ2) is 6.12. The van der Waals surface area contributed by atoms with E-state index in [9.17, 15) is 14.4 Å². The van der Waals surface area contributed by atoms with E-state index in [0.29, 0.717) is 17.7 Å². The number of carboxylic acids is 1. The Morgan fingerprint density at radius 1 is 1.42 bits per heavy atom. The molecule has 7 heteroatoms. The Labute approximate surface area is 110 Å². The molecule has 19 heavy (non-hydrogen) atoms. The highest BCUT2D eigenvalue weighted by molar-refractivity contribution is 5.95. The molecule has 0 spiro atoms. The first kappa shape index (κ1) is 14.9. The number of nitrogens with one attached hydrogen (secondary N) is 2. The van der Waals surface area contributed by atoms with Gasteiger partial charge in [0, 0.05) is 12.5 Å². The molecule has 0 saturated carbocycles. The number of hydrogen-bond donors (Lipinski definition) is 3. The molecule has 0 fully saturated rings. The number of rotatable bonds is 5. The number of H-pyrrole nitrogens is 1. The van der Waals surface area contributed by atoms with Crippen LogP contribution in [0.25, 0.3) is 0 Å². The van der Waals surface area contributed by atoms with Crippen LogP contribution in [-0.4, -0.2) is 33.2 Å². The summed E-state index contributed by atoms with van der Waals surface area (Å²) in [7, 11) is 0. The molecule has 0 aliphatic carbocycles. The van der Waals surface area contributed by atoms with Crippen LogP contribution in [0, 0.1) is 13.8 Å². The predicted molar refractivity (Wildman–Crippen MR) is 68.1 cm³/mol. The van der Waals surface area contributed by atoms with Gasteiger partial charge in [-0.15, -0.1) is 0 Å². The molecule has 1 atom stereocenters. The number of aromatic amines is 1. The van der Waals surface area contributed by atoms with Gasteiger partial charge in [-0.25, -0.2) is 5.10 Å². The Kier molecular flexibility index (Phi) is 4.80. The SMILES string of the molecule is Cc1n[nH]c(=O)c(C(=O)NC(C)CCC(=O)O)c1C. The zero-order chi connectivity index (χ0) is 14.6. The Hall–Kier alpha value is -2.18. The van der Waals surface area contributed by atoms with Crippen molar-refractivity contribution in [3.05, 3.63) is 27.2 Å². The van der Waals surface area contributed by atoms with Crippen molar-refractivity contribution in [2.75, 3.05) is 0 Å². The van der Waals surface area contributed by atoms with Gasteiger partial charge in [0.15, 0.2) is 0 Å². The smallest absolute Gasteiger partial charge is 0.303 e. The highest BCUT2D eigenvalue weighted by atomic mass is 16.4. The van der Waals surface area contributed by atoms with Gasteiger partial charge < -0.3 is 10.4 Å². The number of aliphatic carboxylic acids is 1. The molecule has 0 aliphatic heterocycles. The highest BCUT2D eigenvalue weighted by Crippen LogP contribution is 2.06. The second-order valence-electron chi connectivity index (χ2n) is 4.45. The fourth-order valence-corrected chi connectivity index (χ4v) is 1.61. The first-order valence-electron chi connectivity index (χ1n) is 5.91. The van der Waals surface area contributed by atoms with Gasteiger partial charge in [-0.1, -0.05) is 0 Å². The first-order chi connectivity index (χ1) is 8.82. The van der Waals surface area contributed by atoms with E-state index in [2.05, 4.69) is 15.5 Å². The summed E-state index contributed by atoms with van der Waals surface area (Å²) >= 11 is 0. The van der Waals surface area contributed by atoms with Crippen molar-refractivity contribution in [2.45, 2.75) is 39.7 Å². The molecule has 0 aromatic carbocycles. The van der Waals surface area contributed by atoms with Crippen LogP contribution in [0.5, 0.6) is 0 Å². The minimum Gasteiger partial charge on any atom is -0.481 e. The molecule has 1 rings (SSSR count). The van der Waals surface area contributed by atoms with E-state index in [1.807, 2.05) is 0 Å². The fourth-order valence-electron chi connectivity index (χ4n) is 1.61. The van der Waals surface area contributed by atoms with E-state index in [0.717, 1.165) is 0 Å². The number of amides is 1. The molecule has 1 heterocycles. The van der Waals surface area contributed by atoms with E-state index in [1.54, 1.807) is 20.8 Å². The number of nitrogens with zero attached hydrogens (tertiary/aromatic N) is 1. The first-order valence-corrected chi connectivity index (χ1v) is 5.91. The summed E-state index contributed by atoms with van der Waals surface area (Å²) in [5, 5.41) is 17.2. The number of carboxylic acid groups (broad SMARTS) is 1. The molecule has 3 N–H and O–H groups in total. The number of aryl methyl sites for hydroxylation is 1. The summed E-state index contributed by atoms with van der Waals surface area (Å²) < 4.78 is 0. The van der Waals surface area contributed by atoms with Crippen LogP contribution in [0.4, 0.5) is 0 Å². The lowest BCUT2D eigenvalue weighted by atomic mass is 10.1. The Balaban J connectivity index is 2.82. The molecule has 1 unspecified atom stereocenters. The maximum Gasteiger partial charge on any atom is 0.303 e. The minimum atomic E-state index is -0.921. The van der Waals surface area contributed by atoms with E-state index < -0.39 is 17.4 Å². The van der Waals surface area contributed by atoms with Crippen molar-refractivity contribution < 1.29 is 14.7 Å². The largest absolute Gasteiger partial charge is 0.481 e. The quantitative estimate of drug-likeness (QED) is 0.713. The third-order valence-electron chi connectivity index (χ3n) is 2.87. The van der Waals surface area contributed by atoms with Gasteiger partial charge >= 0.3 is 5.97 Å². The summed E-state index contributed by atoms with van der Waals surface area (Å²) in [5.74, 6) is -1.43. The van der Waals surface area contributed by atoms with Gasteiger partial charge in [0.25, 0.3) is 11.5 Å². The molecule has 1 amide bonds. The Bertz CT molecular complexity index is 550. The molecule has 1 aromatic heterocycles. The van der Waals surface area contributed by atoms with E-state index in [4.69, 9.17) is 5.11 Å². The Morgan fingerprint density at radius 3 is 2.63 bits per heavy atom. The van der Waals surface area contributed by atoms with Crippen molar-refractivity contribution in [1.82, 2.24) is 15.5 Å². The molecule has 7 nitrogen and oxygen atoms in total. The van der Waals surface area contributed by atoms with Gasteiger partial charge in [-0.3, -0.25) is 14.4 Å². The van der Waals surface area contributed by atoms with Crippen LogP contribution in [0.1, 0.15) is 41.4 Å². The molecule has 0 bridgehead atoms. The lowest BCUT2D eigenvalue weighted by Crippen LogP contribution is -2.37. The summed E-state index contributed by atoms with van der Waals surface area (Å²) in [6.07, 6.45) is 0.272. The van der Waals surface area contributed by atoms with Crippen LogP contribution in [0.15, 0.2) is 4.79 Å². The van der Waals surface area contributed by atoms with Gasteiger partial charge in [-0.05, 0) is 32.8 Å². The molecule has 0 radical (unpaired) electrons. The standard InChI is InChI=1S/C12H17N3O4/c1-6(4-5-9(16)17)13-11(18)10-7(2)8(3)14-15-12(10)19/h6H,4-5H2,1-3H3,(H,13,18)(H,15,19)(H,16,17). The van der Waals surface area contributed by atoms with Crippen molar-refractivity contribution in [3.63, 3.8) is 0 Å². The molecule has 104 valence electrons. The summed E-state index contributed by atoms with van der Waals surface area (Å²) in [6, 6.07) is -0.323. The average Bonchev–Trinajstić information content (AvgIpc) is 2.32. The molecule has 0 aliphatic rings. The maximum absolute atomic E-state index is 12.0. The monoisotopic (exact) mass is 267 g/mol. The second-order valence-corrected chi connectivity index (χ2v) is 4.45. The average molecular weight is 267 g/mol. The van der Waals surface area contributed by atoms with Crippen LogP contribution in [-0.2, 0) is 4.79 Å². The van der Waals surface area contributed by atoms with Gasteiger partial charge in [-0.2, -0.15) is 5.10 Å². The van der Waals surface area contributed by atoms with Crippen LogP contribution in [0.2, 0.25) is 0 Å². The van der Waals surface area contributed by atoms with Gasteiger partial charge in [0.1, 0.15) is 5.56 Å². The highest BCUT2D eigenvalue weighted by Gasteiger charge is 2.18. The third-order valence-corrected chi connectivity index (χ3v) is 2.87. The van der Waals surface area contributed by atoms with E-state index >= 15 is 0 Å². The van der Waals surface area contributed by atoms with Crippen LogP contribution in [0.3, 0.4) is 0 Å². The minimum absolute atomic E-state index is 0.0228. The predicted octanol–water partition coefficient (Wildman–Crippen LogP) is 0.370. The fraction of sp³-hybridized carbons (Fsp3) is 0.500. The van der Waals surface area contributed by atoms with Crippen molar-refractivity contribution in [1.29, 1.82) is 0 Å². The summed E-state index contributed by atoms with van der Waals surface area (Å²) in [6.45, 7) is 5.03. The van der Waals surface area contributed by atoms with Crippen LogP contribution < -0.4 is 10.9 Å². The third kappa shape index (κ3) is 3.90. The number of carbonyl (C=O) groups excluding carboxylic acids is 1. The topological polar surface area (TPSA) is 112 Å².